The van der Waals surface area contributed by atoms with Crippen LogP contribution in [0.2, 0.25) is 0 Å². The van der Waals surface area contributed by atoms with Gasteiger partial charge in [0.15, 0.2) is 0 Å². The van der Waals surface area contributed by atoms with Crippen molar-refractivity contribution in [3.8, 4) is 5.75 Å². The van der Waals surface area contributed by atoms with Gasteiger partial charge in [-0.2, -0.15) is 0 Å². The van der Waals surface area contributed by atoms with Crippen LogP contribution < -0.4 is 10.1 Å². The lowest BCUT2D eigenvalue weighted by Gasteiger charge is -2.09. The molecule has 0 spiro atoms. The summed E-state index contributed by atoms with van der Waals surface area (Å²) in [6, 6.07) is 13.8. The third-order valence-electron chi connectivity index (χ3n) is 4.25. The Bertz CT molecular complexity index is 947. The first-order valence-electron chi connectivity index (χ1n) is 8.47. The monoisotopic (exact) mass is 366 g/mol. The molecule has 3 rings (SSSR count). The largest absolute Gasteiger partial charge is 0.486 e. The molecule has 0 bridgehead atoms. The summed E-state index contributed by atoms with van der Waals surface area (Å²) < 4.78 is 5.79. The van der Waals surface area contributed by atoms with Crippen molar-refractivity contribution in [2.45, 2.75) is 34.3 Å². The average molecular weight is 366 g/mol. The number of ether oxygens (including phenoxy) is 1. The molecule has 0 radical (unpaired) electrons. The van der Waals surface area contributed by atoms with Gasteiger partial charge in [0.25, 0.3) is 5.91 Å². The smallest absolute Gasteiger partial charge is 0.267 e. The molecule has 1 N–H and O–H groups in total. The number of rotatable bonds is 5. The highest BCUT2D eigenvalue weighted by Crippen LogP contribution is 2.24. The maximum absolute atomic E-state index is 12.6. The molecule has 5 heteroatoms. The van der Waals surface area contributed by atoms with Crippen LogP contribution in [-0.2, 0) is 6.61 Å². The predicted octanol–water partition coefficient (Wildman–Crippen LogP) is 5.21. The molecule has 1 aromatic heterocycles. The maximum atomic E-state index is 12.6. The molecule has 3 aromatic rings. The molecule has 1 amide bonds. The van der Waals surface area contributed by atoms with Gasteiger partial charge in [0.05, 0.1) is 5.69 Å². The van der Waals surface area contributed by atoms with E-state index in [0.717, 1.165) is 38.8 Å². The van der Waals surface area contributed by atoms with Gasteiger partial charge in [0.2, 0.25) is 0 Å². The van der Waals surface area contributed by atoms with Crippen molar-refractivity contribution in [1.29, 1.82) is 0 Å². The topological polar surface area (TPSA) is 51.2 Å². The number of amides is 1. The second kappa shape index (κ2) is 7.70. The average Bonchev–Trinajstić information content (AvgIpc) is 2.98. The van der Waals surface area contributed by atoms with E-state index in [1.165, 1.54) is 11.3 Å². The fourth-order valence-corrected chi connectivity index (χ4v) is 3.51. The minimum atomic E-state index is -0.129. The Hall–Kier alpha value is -2.66. The lowest BCUT2D eigenvalue weighted by atomic mass is 10.1. The quantitative estimate of drug-likeness (QED) is 0.674. The number of nitrogens with one attached hydrogen (secondary N) is 1. The second-order valence-corrected chi connectivity index (χ2v) is 7.41. The first-order valence-corrected chi connectivity index (χ1v) is 9.29. The zero-order valence-corrected chi connectivity index (χ0v) is 16.2. The van der Waals surface area contributed by atoms with Crippen molar-refractivity contribution in [2.24, 2.45) is 0 Å². The zero-order chi connectivity index (χ0) is 18.7. The van der Waals surface area contributed by atoms with E-state index in [4.69, 9.17) is 4.74 Å². The van der Waals surface area contributed by atoms with E-state index in [-0.39, 0.29) is 5.91 Å². The zero-order valence-electron chi connectivity index (χ0n) is 15.4. The molecule has 1 heterocycles. The van der Waals surface area contributed by atoms with Gasteiger partial charge in [0.1, 0.15) is 22.2 Å². The van der Waals surface area contributed by atoms with Gasteiger partial charge in [0, 0.05) is 5.69 Å². The van der Waals surface area contributed by atoms with Crippen molar-refractivity contribution in [3.63, 3.8) is 0 Å². The Labute approximate surface area is 157 Å². The number of aryl methyl sites for hydroxylation is 3. The molecule has 134 valence electrons. The van der Waals surface area contributed by atoms with E-state index in [2.05, 4.69) is 10.3 Å². The Morgan fingerprint density at radius 3 is 2.65 bits per heavy atom. The minimum absolute atomic E-state index is 0.129. The molecule has 0 aliphatic carbocycles. The number of hydrogen-bond acceptors (Lipinski definition) is 4. The first-order chi connectivity index (χ1) is 12.4. The number of thiazole rings is 1. The number of benzene rings is 2. The molecule has 0 unspecified atom stereocenters. The molecule has 4 nitrogen and oxygen atoms in total. The summed E-state index contributed by atoms with van der Waals surface area (Å²) in [5, 5.41) is 3.78. The summed E-state index contributed by atoms with van der Waals surface area (Å²) in [4.78, 5) is 17.8. The Morgan fingerprint density at radius 1 is 1.12 bits per heavy atom. The van der Waals surface area contributed by atoms with Gasteiger partial charge in [-0.1, -0.05) is 24.3 Å². The molecule has 0 fully saturated rings. The van der Waals surface area contributed by atoms with Gasteiger partial charge in [-0.3, -0.25) is 4.79 Å². The molecule has 2 aromatic carbocycles. The SMILES string of the molecule is Cc1cccc(OCc2nc(C)c(C(=O)Nc3cccc(C)c3C)s2)c1. The van der Waals surface area contributed by atoms with E-state index in [1.807, 2.05) is 70.2 Å². The van der Waals surface area contributed by atoms with Gasteiger partial charge < -0.3 is 10.1 Å². The number of anilines is 1. The number of aromatic nitrogens is 1. The van der Waals surface area contributed by atoms with Gasteiger partial charge in [-0.25, -0.2) is 4.98 Å². The number of carbonyl (C=O) groups is 1. The lowest BCUT2D eigenvalue weighted by molar-refractivity contribution is 0.102. The fraction of sp³-hybridized carbons (Fsp3) is 0.238. The highest BCUT2D eigenvalue weighted by Gasteiger charge is 2.16. The summed E-state index contributed by atoms with van der Waals surface area (Å²) in [6.45, 7) is 8.27. The van der Waals surface area contributed by atoms with E-state index < -0.39 is 0 Å². The van der Waals surface area contributed by atoms with Crippen LogP contribution in [0.15, 0.2) is 42.5 Å². The van der Waals surface area contributed by atoms with Crippen LogP contribution >= 0.6 is 11.3 Å². The summed E-state index contributed by atoms with van der Waals surface area (Å²) in [5.41, 5.74) is 4.93. The first kappa shape index (κ1) is 18.1. The second-order valence-electron chi connectivity index (χ2n) is 6.33. The number of carbonyl (C=O) groups excluding carboxylic acids is 1. The molecule has 0 aliphatic rings. The van der Waals surface area contributed by atoms with Gasteiger partial charge in [-0.05, 0) is 62.6 Å². The summed E-state index contributed by atoms with van der Waals surface area (Å²) in [5.74, 6) is 0.676. The van der Waals surface area contributed by atoms with Crippen LogP contribution in [0.4, 0.5) is 5.69 Å². The highest BCUT2D eigenvalue weighted by molar-refractivity contribution is 7.13. The van der Waals surface area contributed by atoms with Crippen LogP contribution in [0.25, 0.3) is 0 Å². The van der Waals surface area contributed by atoms with Gasteiger partial charge >= 0.3 is 0 Å². The van der Waals surface area contributed by atoms with Crippen LogP contribution in [0, 0.1) is 27.7 Å². The Kier molecular flexibility index (Phi) is 5.38. The van der Waals surface area contributed by atoms with Crippen LogP contribution in [-0.4, -0.2) is 10.9 Å². The van der Waals surface area contributed by atoms with Crippen molar-refractivity contribution in [1.82, 2.24) is 4.98 Å². The molecule has 26 heavy (non-hydrogen) atoms. The maximum Gasteiger partial charge on any atom is 0.267 e. The summed E-state index contributed by atoms with van der Waals surface area (Å²) >= 11 is 1.37. The van der Waals surface area contributed by atoms with Gasteiger partial charge in [-0.15, -0.1) is 11.3 Å². The third-order valence-corrected chi connectivity index (χ3v) is 5.38. The Morgan fingerprint density at radius 2 is 1.88 bits per heavy atom. The summed E-state index contributed by atoms with van der Waals surface area (Å²) in [6.07, 6.45) is 0. The van der Waals surface area contributed by atoms with E-state index in [0.29, 0.717) is 11.5 Å². The lowest BCUT2D eigenvalue weighted by Crippen LogP contribution is -2.12. The van der Waals surface area contributed by atoms with Crippen molar-refractivity contribution in [2.75, 3.05) is 5.32 Å². The Balaban J connectivity index is 1.71. The number of nitrogens with zero attached hydrogens (tertiary/aromatic N) is 1. The fourth-order valence-electron chi connectivity index (χ4n) is 2.64. The molecular formula is C21H22N2O2S. The molecule has 0 saturated heterocycles. The summed E-state index contributed by atoms with van der Waals surface area (Å²) in [7, 11) is 0. The predicted molar refractivity (Wildman–Crippen MR) is 106 cm³/mol. The minimum Gasteiger partial charge on any atom is -0.486 e. The van der Waals surface area contributed by atoms with Crippen LogP contribution in [0.5, 0.6) is 5.75 Å². The molecule has 0 saturated carbocycles. The van der Waals surface area contributed by atoms with Crippen LogP contribution in [0.3, 0.4) is 0 Å². The standard InChI is InChI=1S/C21H22N2O2S/c1-13-7-5-9-17(11-13)25-12-19-22-16(4)20(26-19)21(24)23-18-10-6-8-14(2)15(18)3/h5-11H,12H2,1-4H3,(H,23,24). The van der Waals surface area contributed by atoms with Crippen molar-refractivity contribution in [3.05, 3.63) is 74.7 Å². The van der Waals surface area contributed by atoms with Crippen LogP contribution in [0.1, 0.15) is 37.1 Å². The third kappa shape index (κ3) is 4.11. The van der Waals surface area contributed by atoms with E-state index in [1.54, 1.807) is 0 Å². The van der Waals surface area contributed by atoms with E-state index in [9.17, 15) is 4.79 Å². The van der Waals surface area contributed by atoms with Crippen molar-refractivity contribution >= 4 is 22.9 Å². The number of hydrogen-bond donors (Lipinski definition) is 1. The molecule has 0 atom stereocenters. The highest BCUT2D eigenvalue weighted by atomic mass is 32.1. The molecular weight excluding hydrogens is 344 g/mol. The van der Waals surface area contributed by atoms with E-state index >= 15 is 0 Å². The normalized spacial score (nSPS) is 10.6. The molecule has 0 aliphatic heterocycles. The van der Waals surface area contributed by atoms with Crippen molar-refractivity contribution < 1.29 is 9.53 Å².